The standard InChI is InChI=1S/C30H50O4/c1-20(2)12-9-13-21(3)14-10-15-22(4)16-11-18-30(8)19-17-26-25(7)27(33-29(31)32)23(5)24(6)28(26)34-30/h20-22H,9-19H2,1-8H3,(H,31,32). The van der Waals surface area contributed by atoms with Gasteiger partial charge in [0, 0.05) is 5.56 Å². The topological polar surface area (TPSA) is 55.8 Å². The molecule has 34 heavy (non-hydrogen) atoms. The second-order valence-electron chi connectivity index (χ2n) is 11.8. The van der Waals surface area contributed by atoms with Crippen molar-refractivity contribution in [3.05, 3.63) is 22.3 Å². The first-order valence-corrected chi connectivity index (χ1v) is 13.7. The smallest absolute Gasteiger partial charge is 0.487 e. The van der Waals surface area contributed by atoms with E-state index < -0.39 is 6.16 Å². The van der Waals surface area contributed by atoms with E-state index in [0.717, 1.165) is 65.0 Å². The van der Waals surface area contributed by atoms with Crippen LogP contribution >= 0.6 is 0 Å². The molecule has 1 heterocycles. The van der Waals surface area contributed by atoms with E-state index >= 15 is 0 Å². The summed E-state index contributed by atoms with van der Waals surface area (Å²) in [6.45, 7) is 17.6. The fraction of sp³-hybridized carbons (Fsp3) is 0.767. The van der Waals surface area contributed by atoms with Crippen LogP contribution in [0.5, 0.6) is 11.5 Å². The SMILES string of the molecule is Cc1c(C)c2c(c(C)c1OC(=O)O)CCC(C)(CCCC(C)CCCC(C)CCCC(C)C)O2. The molecule has 0 aliphatic carbocycles. The molecule has 4 nitrogen and oxygen atoms in total. The Kier molecular flexibility index (Phi) is 10.8. The summed E-state index contributed by atoms with van der Waals surface area (Å²) in [5, 5.41) is 9.12. The third-order valence-electron chi connectivity index (χ3n) is 8.03. The quantitative estimate of drug-likeness (QED) is 0.229. The number of benzene rings is 1. The Morgan fingerprint density at radius 3 is 2.03 bits per heavy atom. The summed E-state index contributed by atoms with van der Waals surface area (Å²) in [5.41, 5.74) is 3.70. The van der Waals surface area contributed by atoms with Crippen LogP contribution in [0.15, 0.2) is 0 Å². The highest BCUT2D eigenvalue weighted by Gasteiger charge is 2.34. The van der Waals surface area contributed by atoms with Gasteiger partial charge in [0.2, 0.25) is 0 Å². The minimum Gasteiger partial charge on any atom is -0.487 e. The lowest BCUT2D eigenvalue weighted by molar-refractivity contribution is 0.0511. The first-order chi connectivity index (χ1) is 15.9. The largest absolute Gasteiger partial charge is 0.511 e. The zero-order chi connectivity index (χ0) is 25.5. The summed E-state index contributed by atoms with van der Waals surface area (Å²) < 4.78 is 11.7. The Balaban J connectivity index is 1.82. The van der Waals surface area contributed by atoms with E-state index in [2.05, 4.69) is 34.6 Å². The molecule has 0 radical (unpaired) electrons. The predicted molar refractivity (Wildman–Crippen MR) is 141 cm³/mol. The molecule has 3 unspecified atom stereocenters. The van der Waals surface area contributed by atoms with E-state index in [4.69, 9.17) is 14.6 Å². The first kappa shape index (κ1) is 28.5. The highest BCUT2D eigenvalue weighted by molar-refractivity contribution is 5.67. The molecule has 0 bridgehead atoms. The van der Waals surface area contributed by atoms with Crippen molar-refractivity contribution in [2.24, 2.45) is 17.8 Å². The molecule has 0 fully saturated rings. The Morgan fingerprint density at radius 2 is 1.47 bits per heavy atom. The molecular weight excluding hydrogens is 424 g/mol. The Bertz CT molecular complexity index is 813. The molecule has 0 amide bonds. The number of rotatable bonds is 13. The summed E-state index contributed by atoms with van der Waals surface area (Å²) in [6, 6.07) is 0. The van der Waals surface area contributed by atoms with Crippen molar-refractivity contribution >= 4 is 6.16 Å². The normalized spacial score (nSPS) is 19.4. The van der Waals surface area contributed by atoms with Crippen LogP contribution in [0, 0.1) is 38.5 Å². The molecule has 3 atom stereocenters. The molecule has 1 aliphatic heterocycles. The number of fused-ring (bicyclic) bond motifs is 1. The number of ether oxygens (including phenoxy) is 2. The van der Waals surface area contributed by atoms with Crippen LogP contribution in [0.4, 0.5) is 4.79 Å². The summed E-state index contributed by atoms with van der Waals surface area (Å²) in [4.78, 5) is 11.1. The molecule has 1 N–H and O–H groups in total. The van der Waals surface area contributed by atoms with E-state index in [-0.39, 0.29) is 5.60 Å². The van der Waals surface area contributed by atoms with Gasteiger partial charge in [0.15, 0.2) is 0 Å². The van der Waals surface area contributed by atoms with Crippen molar-refractivity contribution in [2.45, 2.75) is 132 Å². The third kappa shape index (κ3) is 8.20. The lowest BCUT2D eigenvalue weighted by Crippen LogP contribution is -2.37. The maximum atomic E-state index is 11.1. The van der Waals surface area contributed by atoms with Gasteiger partial charge in [-0.3, -0.25) is 0 Å². The minimum absolute atomic E-state index is 0.156. The first-order valence-electron chi connectivity index (χ1n) is 13.7. The van der Waals surface area contributed by atoms with Crippen LogP contribution in [0.25, 0.3) is 0 Å². The molecule has 194 valence electrons. The Labute approximate surface area is 208 Å². The molecule has 1 aromatic rings. The van der Waals surface area contributed by atoms with Gasteiger partial charge in [-0.2, -0.15) is 0 Å². The van der Waals surface area contributed by atoms with Crippen LogP contribution in [0.2, 0.25) is 0 Å². The molecule has 0 spiro atoms. The van der Waals surface area contributed by atoms with Crippen molar-refractivity contribution in [2.75, 3.05) is 0 Å². The zero-order valence-electron chi connectivity index (χ0n) is 23.2. The Morgan fingerprint density at radius 1 is 0.912 bits per heavy atom. The molecule has 1 aliphatic rings. The highest BCUT2D eigenvalue weighted by atomic mass is 16.7. The van der Waals surface area contributed by atoms with Crippen molar-refractivity contribution in [3.63, 3.8) is 0 Å². The molecule has 0 saturated heterocycles. The lowest BCUT2D eigenvalue weighted by atomic mass is 9.83. The molecule has 2 rings (SSSR count). The average Bonchev–Trinajstić information content (AvgIpc) is 2.74. The van der Waals surface area contributed by atoms with Crippen molar-refractivity contribution in [1.82, 2.24) is 0 Å². The number of carbonyl (C=O) groups is 1. The van der Waals surface area contributed by atoms with E-state index in [9.17, 15) is 4.79 Å². The van der Waals surface area contributed by atoms with Gasteiger partial charge in [-0.05, 0) is 87.8 Å². The van der Waals surface area contributed by atoms with Gasteiger partial charge in [-0.15, -0.1) is 0 Å². The van der Waals surface area contributed by atoms with Crippen LogP contribution in [-0.4, -0.2) is 16.9 Å². The van der Waals surface area contributed by atoms with Gasteiger partial charge in [0.25, 0.3) is 0 Å². The van der Waals surface area contributed by atoms with Gasteiger partial charge in [-0.25, -0.2) is 4.79 Å². The minimum atomic E-state index is -1.26. The predicted octanol–water partition coefficient (Wildman–Crippen LogP) is 9.19. The second-order valence-corrected chi connectivity index (χ2v) is 11.8. The summed E-state index contributed by atoms with van der Waals surface area (Å²) in [5.74, 6) is 3.87. The van der Waals surface area contributed by atoms with Crippen molar-refractivity contribution in [1.29, 1.82) is 0 Å². The number of carboxylic acid groups (broad SMARTS) is 1. The fourth-order valence-electron chi connectivity index (χ4n) is 5.50. The van der Waals surface area contributed by atoms with Gasteiger partial charge in [0.1, 0.15) is 17.1 Å². The summed E-state index contributed by atoms with van der Waals surface area (Å²) in [6.07, 6.45) is 12.3. The van der Waals surface area contributed by atoms with Crippen LogP contribution in [0.1, 0.15) is 121 Å². The molecular formula is C30H50O4. The summed E-state index contributed by atoms with van der Waals surface area (Å²) in [7, 11) is 0. The van der Waals surface area contributed by atoms with E-state index in [1.807, 2.05) is 20.8 Å². The molecule has 0 aromatic heterocycles. The summed E-state index contributed by atoms with van der Waals surface area (Å²) >= 11 is 0. The number of hydrogen-bond donors (Lipinski definition) is 1. The lowest BCUT2D eigenvalue weighted by Gasteiger charge is -2.38. The van der Waals surface area contributed by atoms with Crippen molar-refractivity contribution < 1.29 is 19.4 Å². The van der Waals surface area contributed by atoms with E-state index in [0.29, 0.717) is 5.75 Å². The van der Waals surface area contributed by atoms with E-state index in [1.54, 1.807) is 0 Å². The number of hydrogen-bond acceptors (Lipinski definition) is 3. The van der Waals surface area contributed by atoms with Crippen molar-refractivity contribution in [3.8, 4) is 11.5 Å². The van der Waals surface area contributed by atoms with Crippen LogP contribution < -0.4 is 9.47 Å². The molecule has 0 saturated carbocycles. The fourth-order valence-corrected chi connectivity index (χ4v) is 5.50. The molecule has 1 aromatic carbocycles. The van der Waals surface area contributed by atoms with Crippen LogP contribution in [-0.2, 0) is 6.42 Å². The molecule has 4 heteroatoms. The zero-order valence-corrected chi connectivity index (χ0v) is 23.2. The van der Waals surface area contributed by atoms with Crippen LogP contribution in [0.3, 0.4) is 0 Å². The second kappa shape index (κ2) is 12.8. The van der Waals surface area contributed by atoms with Gasteiger partial charge >= 0.3 is 6.16 Å². The van der Waals surface area contributed by atoms with E-state index in [1.165, 1.54) is 51.4 Å². The Hall–Kier alpha value is -1.71. The maximum Gasteiger partial charge on any atom is 0.511 e. The van der Waals surface area contributed by atoms with Gasteiger partial charge in [-0.1, -0.05) is 72.6 Å². The van der Waals surface area contributed by atoms with Gasteiger partial charge in [0.05, 0.1) is 0 Å². The highest BCUT2D eigenvalue weighted by Crippen LogP contribution is 2.45. The monoisotopic (exact) mass is 474 g/mol. The average molecular weight is 475 g/mol. The van der Waals surface area contributed by atoms with Gasteiger partial charge < -0.3 is 14.6 Å². The third-order valence-corrected chi connectivity index (χ3v) is 8.03. The maximum absolute atomic E-state index is 11.1.